The Bertz CT molecular complexity index is 521. The Morgan fingerprint density at radius 3 is 2.92 bits per heavy atom. The Balaban J connectivity index is 1.31. The third-order valence-corrected chi connectivity index (χ3v) is 5.64. The lowest BCUT2D eigenvalue weighted by molar-refractivity contribution is -0.0539. The Hall–Kier alpha value is -1.01. The largest absolute Gasteiger partial charge is 0.379 e. The lowest BCUT2D eigenvalue weighted by Gasteiger charge is -2.40. The van der Waals surface area contributed by atoms with Crippen LogP contribution in [0.1, 0.15) is 25.0 Å². The van der Waals surface area contributed by atoms with Crippen LogP contribution in [0.15, 0.2) is 24.4 Å². The van der Waals surface area contributed by atoms with E-state index in [1.165, 1.54) is 25.8 Å². The lowest BCUT2D eigenvalue weighted by Crippen LogP contribution is -2.47. The fraction of sp³-hybridized carbons (Fsp3) is 0.737. The minimum absolute atomic E-state index is 0.0873. The molecule has 0 aromatic carbocycles. The maximum atomic E-state index is 6.38. The lowest BCUT2D eigenvalue weighted by atomic mass is 9.86. The van der Waals surface area contributed by atoms with E-state index >= 15 is 0 Å². The SMILES string of the molecule is c1ccc(CN2CCC[C@]3(C[C@H](CN4CCOCC4)CO3)C2)nc1. The predicted molar refractivity (Wildman–Crippen MR) is 92.8 cm³/mol. The topological polar surface area (TPSA) is 37.8 Å². The van der Waals surface area contributed by atoms with E-state index in [-0.39, 0.29) is 5.60 Å². The molecule has 3 fully saturated rings. The summed E-state index contributed by atoms with van der Waals surface area (Å²) in [5.41, 5.74) is 1.25. The summed E-state index contributed by atoms with van der Waals surface area (Å²) in [4.78, 5) is 9.56. The fourth-order valence-electron chi connectivity index (χ4n) is 4.54. The van der Waals surface area contributed by atoms with Crippen molar-refractivity contribution in [3.05, 3.63) is 30.1 Å². The zero-order valence-corrected chi connectivity index (χ0v) is 14.5. The Kier molecular flexibility index (Phi) is 5.13. The molecule has 1 aromatic heterocycles. The number of nitrogens with zero attached hydrogens (tertiary/aromatic N) is 3. The van der Waals surface area contributed by atoms with Crippen molar-refractivity contribution in [3.63, 3.8) is 0 Å². The second kappa shape index (κ2) is 7.48. The number of pyridine rings is 1. The molecule has 0 radical (unpaired) electrons. The van der Waals surface area contributed by atoms with Crippen LogP contribution in [-0.2, 0) is 16.0 Å². The van der Waals surface area contributed by atoms with Gasteiger partial charge in [0.25, 0.3) is 0 Å². The van der Waals surface area contributed by atoms with Crippen LogP contribution in [0.4, 0.5) is 0 Å². The molecular weight excluding hydrogens is 302 g/mol. The standard InChI is InChI=1S/C19H29N3O2/c1-2-6-20-18(4-1)14-22-7-3-5-19(16-22)12-17(15-24-19)13-21-8-10-23-11-9-21/h1-2,4,6,17H,3,5,7-16H2/t17-,19+/m1/s1. The van der Waals surface area contributed by atoms with Crippen LogP contribution in [0.3, 0.4) is 0 Å². The molecule has 5 heteroatoms. The van der Waals surface area contributed by atoms with E-state index in [4.69, 9.17) is 9.47 Å². The van der Waals surface area contributed by atoms with Gasteiger partial charge in [-0.15, -0.1) is 0 Å². The van der Waals surface area contributed by atoms with E-state index in [0.29, 0.717) is 5.92 Å². The molecule has 2 atom stereocenters. The van der Waals surface area contributed by atoms with Crippen molar-refractivity contribution in [2.24, 2.45) is 5.92 Å². The zero-order chi connectivity index (χ0) is 16.2. The van der Waals surface area contributed by atoms with Gasteiger partial charge >= 0.3 is 0 Å². The summed E-state index contributed by atoms with van der Waals surface area (Å²) in [5.74, 6) is 0.679. The van der Waals surface area contributed by atoms with Crippen molar-refractivity contribution in [3.8, 4) is 0 Å². The summed E-state index contributed by atoms with van der Waals surface area (Å²) < 4.78 is 11.8. The Morgan fingerprint density at radius 1 is 1.17 bits per heavy atom. The molecule has 4 rings (SSSR count). The molecule has 5 nitrogen and oxygen atoms in total. The summed E-state index contributed by atoms with van der Waals surface area (Å²) >= 11 is 0. The Morgan fingerprint density at radius 2 is 2.08 bits per heavy atom. The predicted octanol–water partition coefficient (Wildman–Crippen LogP) is 1.78. The molecule has 132 valence electrons. The maximum absolute atomic E-state index is 6.38. The quantitative estimate of drug-likeness (QED) is 0.841. The highest BCUT2D eigenvalue weighted by atomic mass is 16.5. The molecule has 0 amide bonds. The van der Waals surface area contributed by atoms with Crippen LogP contribution in [-0.4, -0.2) is 72.9 Å². The molecule has 0 saturated carbocycles. The maximum Gasteiger partial charge on any atom is 0.0813 e. The number of rotatable bonds is 4. The number of morpholine rings is 1. The molecule has 1 spiro atoms. The molecule has 3 aliphatic rings. The molecule has 0 N–H and O–H groups in total. The molecule has 3 saturated heterocycles. The molecule has 0 bridgehead atoms. The molecule has 0 aliphatic carbocycles. The van der Waals surface area contributed by atoms with E-state index in [1.54, 1.807) is 0 Å². The number of aromatic nitrogens is 1. The normalized spacial score (nSPS) is 32.4. The number of ether oxygens (including phenoxy) is 2. The monoisotopic (exact) mass is 331 g/mol. The van der Waals surface area contributed by atoms with Crippen LogP contribution in [0.25, 0.3) is 0 Å². The van der Waals surface area contributed by atoms with Gasteiger partial charge in [-0.1, -0.05) is 6.07 Å². The first-order valence-corrected chi connectivity index (χ1v) is 9.38. The molecule has 1 aromatic rings. The van der Waals surface area contributed by atoms with Crippen LogP contribution in [0, 0.1) is 5.92 Å². The average Bonchev–Trinajstić information content (AvgIpc) is 2.98. The van der Waals surface area contributed by atoms with Gasteiger partial charge in [0.15, 0.2) is 0 Å². The van der Waals surface area contributed by atoms with E-state index in [0.717, 1.165) is 58.2 Å². The summed E-state index contributed by atoms with van der Waals surface area (Å²) in [6, 6.07) is 6.18. The molecular formula is C19H29N3O2. The van der Waals surface area contributed by atoms with Crippen molar-refractivity contribution in [2.75, 3.05) is 52.5 Å². The minimum Gasteiger partial charge on any atom is -0.379 e. The van der Waals surface area contributed by atoms with Crippen LogP contribution < -0.4 is 0 Å². The van der Waals surface area contributed by atoms with Gasteiger partial charge in [-0.2, -0.15) is 0 Å². The average molecular weight is 331 g/mol. The number of hydrogen-bond donors (Lipinski definition) is 0. The van der Waals surface area contributed by atoms with Gasteiger partial charge in [0.1, 0.15) is 0 Å². The van der Waals surface area contributed by atoms with Crippen molar-refractivity contribution < 1.29 is 9.47 Å². The van der Waals surface area contributed by atoms with Gasteiger partial charge in [-0.25, -0.2) is 0 Å². The summed E-state index contributed by atoms with van der Waals surface area (Å²) in [7, 11) is 0. The van der Waals surface area contributed by atoms with E-state index < -0.39 is 0 Å². The second-order valence-corrected chi connectivity index (χ2v) is 7.61. The fourth-order valence-corrected chi connectivity index (χ4v) is 4.54. The van der Waals surface area contributed by atoms with E-state index in [2.05, 4.69) is 26.9 Å². The number of hydrogen-bond acceptors (Lipinski definition) is 5. The molecule has 4 heterocycles. The number of likely N-dealkylation sites (tertiary alicyclic amines) is 1. The zero-order valence-electron chi connectivity index (χ0n) is 14.5. The van der Waals surface area contributed by atoms with Gasteiger partial charge < -0.3 is 9.47 Å². The minimum atomic E-state index is 0.0873. The first-order chi connectivity index (χ1) is 11.8. The van der Waals surface area contributed by atoms with Crippen molar-refractivity contribution >= 4 is 0 Å². The van der Waals surface area contributed by atoms with Gasteiger partial charge in [0.2, 0.25) is 0 Å². The molecule has 0 unspecified atom stereocenters. The van der Waals surface area contributed by atoms with Crippen molar-refractivity contribution in [1.29, 1.82) is 0 Å². The first kappa shape index (κ1) is 16.5. The molecule has 3 aliphatic heterocycles. The van der Waals surface area contributed by atoms with Crippen LogP contribution in [0.5, 0.6) is 0 Å². The van der Waals surface area contributed by atoms with E-state index in [9.17, 15) is 0 Å². The second-order valence-electron chi connectivity index (χ2n) is 7.61. The van der Waals surface area contributed by atoms with Gasteiger partial charge in [-0.05, 0) is 43.9 Å². The van der Waals surface area contributed by atoms with E-state index in [1.807, 2.05) is 12.3 Å². The van der Waals surface area contributed by atoms with Crippen LogP contribution in [0.2, 0.25) is 0 Å². The number of piperidine rings is 1. The first-order valence-electron chi connectivity index (χ1n) is 9.38. The van der Waals surface area contributed by atoms with Crippen LogP contribution >= 0.6 is 0 Å². The summed E-state index contributed by atoms with van der Waals surface area (Å²) in [6.07, 6.45) is 5.55. The van der Waals surface area contributed by atoms with Gasteiger partial charge in [-0.3, -0.25) is 14.8 Å². The smallest absolute Gasteiger partial charge is 0.0813 e. The van der Waals surface area contributed by atoms with Gasteiger partial charge in [0, 0.05) is 38.9 Å². The van der Waals surface area contributed by atoms with Gasteiger partial charge in [0.05, 0.1) is 31.1 Å². The molecule has 24 heavy (non-hydrogen) atoms. The van der Waals surface area contributed by atoms with Crippen molar-refractivity contribution in [1.82, 2.24) is 14.8 Å². The highest BCUT2D eigenvalue weighted by Crippen LogP contribution is 2.38. The highest BCUT2D eigenvalue weighted by Gasteiger charge is 2.43. The summed E-state index contributed by atoms with van der Waals surface area (Å²) in [6.45, 7) is 9.19. The van der Waals surface area contributed by atoms with Crippen molar-refractivity contribution in [2.45, 2.75) is 31.4 Å². The third-order valence-electron chi connectivity index (χ3n) is 5.64. The highest BCUT2D eigenvalue weighted by molar-refractivity contribution is 5.04. The summed E-state index contributed by atoms with van der Waals surface area (Å²) in [5, 5.41) is 0. The Labute approximate surface area is 144 Å². The third kappa shape index (κ3) is 3.97.